The Hall–Kier alpha value is -1.26. The molecule has 2 N–H and O–H groups in total. The molecule has 0 bridgehead atoms. The maximum absolute atomic E-state index is 5.26. The van der Waals surface area contributed by atoms with Crippen molar-refractivity contribution in [2.75, 3.05) is 34.4 Å². The highest BCUT2D eigenvalue weighted by Crippen LogP contribution is 2.27. The van der Waals surface area contributed by atoms with Crippen molar-refractivity contribution in [1.29, 1.82) is 0 Å². The van der Waals surface area contributed by atoms with Crippen LogP contribution in [0.1, 0.15) is 12.0 Å². The standard InChI is InChI=1S/C13H22N2O2/c1-14-7-4-8-15-10-11-5-6-12(16-2)13(9-11)17-3/h5-6,9,14-15H,4,7-8,10H2,1-3H3. The molecule has 0 amide bonds. The molecule has 0 heterocycles. The molecule has 4 heteroatoms. The molecule has 0 radical (unpaired) electrons. The molecule has 17 heavy (non-hydrogen) atoms. The minimum atomic E-state index is 0.770. The Labute approximate surface area is 103 Å². The second-order valence-corrected chi connectivity index (χ2v) is 3.82. The zero-order chi connectivity index (χ0) is 12.5. The van der Waals surface area contributed by atoms with Crippen LogP contribution in [-0.4, -0.2) is 34.4 Å². The lowest BCUT2D eigenvalue weighted by molar-refractivity contribution is 0.354. The van der Waals surface area contributed by atoms with Crippen LogP contribution in [0.15, 0.2) is 18.2 Å². The summed E-state index contributed by atoms with van der Waals surface area (Å²) in [7, 11) is 5.27. The summed E-state index contributed by atoms with van der Waals surface area (Å²) in [4.78, 5) is 0. The molecule has 0 aliphatic carbocycles. The first kappa shape index (κ1) is 13.8. The SMILES string of the molecule is CNCCCNCc1ccc(OC)c(OC)c1. The maximum atomic E-state index is 5.26. The first-order valence-electron chi connectivity index (χ1n) is 5.88. The number of nitrogens with one attached hydrogen (secondary N) is 2. The van der Waals surface area contributed by atoms with Gasteiger partial charge in [0.1, 0.15) is 0 Å². The van der Waals surface area contributed by atoms with Crippen molar-refractivity contribution < 1.29 is 9.47 Å². The van der Waals surface area contributed by atoms with Gasteiger partial charge in [0, 0.05) is 6.54 Å². The third-order valence-corrected chi connectivity index (χ3v) is 2.56. The number of ether oxygens (including phenoxy) is 2. The molecule has 1 aromatic rings. The Balaban J connectivity index is 2.43. The van der Waals surface area contributed by atoms with Gasteiger partial charge in [-0.1, -0.05) is 6.07 Å². The quantitative estimate of drug-likeness (QED) is 0.672. The average Bonchev–Trinajstić information content (AvgIpc) is 2.38. The van der Waals surface area contributed by atoms with Crippen molar-refractivity contribution in [2.45, 2.75) is 13.0 Å². The van der Waals surface area contributed by atoms with Crippen LogP contribution in [-0.2, 0) is 6.54 Å². The fraction of sp³-hybridized carbons (Fsp3) is 0.538. The number of hydrogen-bond donors (Lipinski definition) is 2. The largest absolute Gasteiger partial charge is 0.493 e. The van der Waals surface area contributed by atoms with Crippen molar-refractivity contribution in [2.24, 2.45) is 0 Å². The van der Waals surface area contributed by atoms with Crippen molar-refractivity contribution in [3.8, 4) is 11.5 Å². The van der Waals surface area contributed by atoms with Crippen LogP contribution in [0.2, 0.25) is 0 Å². The van der Waals surface area contributed by atoms with E-state index >= 15 is 0 Å². The minimum Gasteiger partial charge on any atom is -0.493 e. The molecular weight excluding hydrogens is 216 g/mol. The van der Waals surface area contributed by atoms with Crippen LogP contribution < -0.4 is 20.1 Å². The molecule has 0 aromatic heterocycles. The van der Waals surface area contributed by atoms with Gasteiger partial charge in [0.05, 0.1) is 14.2 Å². The molecule has 0 unspecified atom stereocenters. The van der Waals surface area contributed by atoms with Gasteiger partial charge in [-0.2, -0.15) is 0 Å². The molecule has 0 saturated heterocycles. The van der Waals surface area contributed by atoms with Gasteiger partial charge in [0.2, 0.25) is 0 Å². The van der Waals surface area contributed by atoms with E-state index in [1.807, 2.05) is 25.2 Å². The first-order valence-corrected chi connectivity index (χ1v) is 5.88. The average molecular weight is 238 g/mol. The van der Waals surface area contributed by atoms with E-state index in [2.05, 4.69) is 10.6 Å². The second kappa shape index (κ2) is 7.92. The summed E-state index contributed by atoms with van der Waals surface area (Å²) < 4.78 is 10.5. The first-order chi connectivity index (χ1) is 8.31. The fourth-order valence-corrected chi connectivity index (χ4v) is 1.61. The lowest BCUT2D eigenvalue weighted by Crippen LogP contribution is -2.19. The summed E-state index contributed by atoms with van der Waals surface area (Å²) >= 11 is 0. The Morgan fingerprint density at radius 1 is 1.06 bits per heavy atom. The topological polar surface area (TPSA) is 42.5 Å². The molecular formula is C13H22N2O2. The normalized spacial score (nSPS) is 10.3. The van der Waals surface area contributed by atoms with Crippen LogP contribution in [0.25, 0.3) is 0 Å². The van der Waals surface area contributed by atoms with Crippen LogP contribution in [0, 0.1) is 0 Å². The summed E-state index contributed by atoms with van der Waals surface area (Å²) in [6.45, 7) is 2.90. The van der Waals surface area contributed by atoms with Crippen LogP contribution in [0.3, 0.4) is 0 Å². The molecule has 1 aromatic carbocycles. The van der Waals surface area contributed by atoms with E-state index in [-0.39, 0.29) is 0 Å². The number of hydrogen-bond acceptors (Lipinski definition) is 4. The molecule has 96 valence electrons. The van der Waals surface area contributed by atoms with Gasteiger partial charge in [-0.25, -0.2) is 0 Å². The van der Waals surface area contributed by atoms with Crippen LogP contribution in [0.4, 0.5) is 0 Å². The van der Waals surface area contributed by atoms with Crippen LogP contribution in [0.5, 0.6) is 11.5 Å². The zero-order valence-corrected chi connectivity index (χ0v) is 10.9. The summed E-state index contributed by atoms with van der Waals surface area (Å²) in [6.07, 6.45) is 1.13. The van der Waals surface area contributed by atoms with Gasteiger partial charge in [0.25, 0.3) is 0 Å². The van der Waals surface area contributed by atoms with Crippen LogP contribution >= 0.6 is 0 Å². The van der Waals surface area contributed by atoms with E-state index < -0.39 is 0 Å². The highest BCUT2D eigenvalue weighted by Gasteiger charge is 2.03. The van der Waals surface area contributed by atoms with E-state index in [0.29, 0.717) is 0 Å². The van der Waals surface area contributed by atoms with E-state index in [9.17, 15) is 0 Å². The summed E-state index contributed by atoms with van der Waals surface area (Å²) in [5, 5.41) is 6.51. The molecule has 0 aliphatic heterocycles. The van der Waals surface area contributed by atoms with Gasteiger partial charge >= 0.3 is 0 Å². The molecule has 1 rings (SSSR count). The van der Waals surface area contributed by atoms with Crippen molar-refractivity contribution in [3.63, 3.8) is 0 Å². The van der Waals surface area contributed by atoms with Crippen molar-refractivity contribution in [3.05, 3.63) is 23.8 Å². The van der Waals surface area contributed by atoms with E-state index in [1.54, 1.807) is 14.2 Å². The third-order valence-electron chi connectivity index (χ3n) is 2.56. The third kappa shape index (κ3) is 4.63. The maximum Gasteiger partial charge on any atom is 0.161 e. The van der Waals surface area contributed by atoms with E-state index in [1.165, 1.54) is 5.56 Å². The highest BCUT2D eigenvalue weighted by atomic mass is 16.5. The van der Waals surface area contributed by atoms with Gasteiger partial charge in [0.15, 0.2) is 11.5 Å². The van der Waals surface area contributed by atoms with Crippen molar-refractivity contribution >= 4 is 0 Å². The van der Waals surface area contributed by atoms with Crippen molar-refractivity contribution in [1.82, 2.24) is 10.6 Å². The summed E-state index contributed by atoms with van der Waals surface area (Å²) in [5.74, 6) is 1.55. The Morgan fingerprint density at radius 3 is 2.47 bits per heavy atom. The van der Waals surface area contributed by atoms with E-state index in [0.717, 1.165) is 37.6 Å². The van der Waals surface area contributed by atoms with Gasteiger partial charge < -0.3 is 20.1 Å². The number of rotatable bonds is 8. The molecule has 4 nitrogen and oxygen atoms in total. The molecule has 0 fully saturated rings. The number of benzene rings is 1. The second-order valence-electron chi connectivity index (χ2n) is 3.82. The highest BCUT2D eigenvalue weighted by molar-refractivity contribution is 5.42. The summed E-state index contributed by atoms with van der Waals surface area (Å²) in [5.41, 5.74) is 1.20. The lowest BCUT2D eigenvalue weighted by Gasteiger charge is -2.10. The van der Waals surface area contributed by atoms with Gasteiger partial charge in [-0.3, -0.25) is 0 Å². The predicted molar refractivity (Wildman–Crippen MR) is 69.8 cm³/mol. The number of methoxy groups -OCH3 is 2. The lowest BCUT2D eigenvalue weighted by atomic mass is 10.2. The molecule has 0 aliphatic rings. The Bertz CT molecular complexity index is 329. The molecule has 0 saturated carbocycles. The van der Waals surface area contributed by atoms with Gasteiger partial charge in [-0.15, -0.1) is 0 Å². The zero-order valence-electron chi connectivity index (χ0n) is 10.9. The smallest absolute Gasteiger partial charge is 0.161 e. The predicted octanol–water partition coefficient (Wildman–Crippen LogP) is 1.40. The van der Waals surface area contributed by atoms with E-state index in [4.69, 9.17) is 9.47 Å². The van der Waals surface area contributed by atoms with Gasteiger partial charge in [-0.05, 0) is 44.3 Å². The molecule has 0 spiro atoms. The monoisotopic (exact) mass is 238 g/mol. The summed E-state index contributed by atoms with van der Waals surface area (Å²) in [6, 6.07) is 5.99. The Kier molecular flexibility index (Phi) is 6.43. The molecule has 0 atom stereocenters. The Morgan fingerprint density at radius 2 is 1.82 bits per heavy atom. The fourth-order valence-electron chi connectivity index (χ4n) is 1.61. The minimum absolute atomic E-state index is 0.770.